The van der Waals surface area contributed by atoms with Gasteiger partial charge in [-0.15, -0.1) is 0 Å². The second-order valence-electron chi connectivity index (χ2n) is 5.30. The summed E-state index contributed by atoms with van der Waals surface area (Å²) >= 11 is 3.12. The fraction of sp³-hybridized carbons (Fsp3) is 0.267. The van der Waals surface area contributed by atoms with Crippen molar-refractivity contribution in [3.63, 3.8) is 0 Å². The minimum atomic E-state index is -0.523. The summed E-state index contributed by atoms with van der Waals surface area (Å²) in [5.74, 6) is -0.221. The number of rotatable bonds is 5. The normalized spacial score (nSPS) is 14.6. The maximum absolute atomic E-state index is 14.0. The molecule has 1 aliphatic rings. The van der Waals surface area contributed by atoms with Gasteiger partial charge < -0.3 is 9.64 Å². The third kappa shape index (κ3) is 4.29. The van der Waals surface area contributed by atoms with Crippen molar-refractivity contribution in [3.8, 4) is 0 Å². The highest BCUT2D eigenvalue weighted by Gasteiger charge is 2.17. The number of nitrogens with one attached hydrogen (secondary N) is 1. The van der Waals surface area contributed by atoms with Gasteiger partial charge in [-0.3, -0.25) is 10.1 Å². The fourth-order valence-electron chi connectivity index (χ4n) is 2.32. The Morgan fingerprint density at radius 1 is 1.42 bits per heavy atom. The van der Waals surface area contributed by atoms with Gasteiger partial charge in [-0.1, -0.05) is 6.07 Å². The molecule has 0 aliphatic carbocycles. The van der Waals surface area contributed by atoms with Gasteiger partial charge in [0.05, 0.1) is 35.0 Å². The molecule has 1 aromatic heterocycles. The van der Waals surface area contributed by atoms with Crippen molar-refractivity contribution in [2.45, 2.75) is 0 Å². The lowest BCUT2D eigenvalue weighted by Gasteiger charge is -2.27. The summed E-state index contributed by atoms with van der Waals surface area (Å²) in [6.07, 6.45) is 2.46. The molecule has 0 unspecified atom stereocenters. The van der Waals surface area contributed by atoms with Crippen LogP contribution in [-0.4, -0.2) is 47.4 Å². The standard InChI is InChI=1S/C15H14BrFN6O3/c16-11-2-1-10(7-13(11)23(24)25)8-19-21-15-18-9-12(17)14(20-15)22-3-5-26-6-4-22/h1-2,7-9H,3-6H2,(H,18,20,21)/b19-8-. The van der Waals surface area contributed by atoms with E-state index in [1.807, 2.05) is 0 Å². The van der Waals surface area contributed by atoms with Crippen molar-refractivity contribution in [2.24, 2.45) is 5.10 Å². The molecule has 0 amide bonds. The molecule has 136 valence electrons. The van der Waals surface area contributed by atoms with Gasteiger partial charge in [0.25, 0.3) is 5.69 Å². The second-order valence-corrected chi connectivity index (χ2v) is 6.16. The van der Waals surface area contributed by atoms with Crippen LogP contribution in [-0.2, 0) is 4.74 Å². The number of hydrogen-bond donors (Lipinski definition) is 1. The maximum atomic E-state index is 14.0. The van der Waals surface area contributed by atoms with E-state index in [0.717, 1.165) is 6.20 Å². The van der Waals surface area contributed by atoms with E-state index in [9.17, 15) is 14.5 Å². The second kappa shape index (κ2) is 8.15. The summed E-state index contributed by atoms with van der Waals surface area (Å²) in [6.45, 7) is 2.10. The van der Waals surface area contributed by atoms with Gasteiger partial charge in [-0.25, -0.2) is 14.8 Å². The monoisotopic (exact) mass is 424 g/mol. The third-order valence-electron chi connectivity index (χ3n) is 3.58. The van der Waals surface area contributed by atoms with Crippen molar-refractivity contribution in [1.82, 2.24) is 9.97 Å². The molecule has 2 heterocycles. The Balaban J connectivity index is 1.72. The van der Waals surface area contributed by atoms with E-state index in [0.29, 0.717) is 36.3 Å². The highest BCUT2D eigenvalue weighted by molar-refractivity contribution is 9.10. The van der Waals surface area contributed by atoms with Crippen LogP contribution >= 0.6 is 15.9 Å². The van der Waals surface area contributed by atoms with E-state index in [2.05, 4.69) is 36.4 Å². The number of ether oxygens (including phenoxy) is 1. The molecular formula is C15H14BrFN6O3. The van der Waals surface area contributed by atoms with Gasteiger partial charge in [-0.2, -0.15) is 10.1 Å². The van der Waals surface area contributed by atoms with Crippen LogP contribution < -0.4 is 10.3 Å². The molecule has 3 rings (SSSR count). The van der Waals surface area contributed by atoms with Crippen molar-refractivity contribution in [1.29, 1.82) is 0 Å². The van der Waals surface area contributed by atoms with E-state index in [4.69, 9.17) is 4.74 Å². The smallest absolute Gasteiger partial charge is 0.284 e. The van der Waals surface area contributed by atoms with E-state index >= 15 is 0 Å². The van der Waals surface area contributed by atoms with Gasteiger partial charge in [0.2, 0.25) is 5.95 Å². The molecule has 9 nitrogen and oxygen atoms in total. The number of nitrogens with zero attached hydrogens (tertiary/aromatic N) is 5. The molecule has 0 spiro atoms. The number of halogens is 2. The van der Waals surface area contributed by atoms with Crippen LogP contribution in [0.4, 0.5) is 21.8 Å². The van der Waals surface area contributed by atoms with Crippen LogP contribution in [0.2, 0.25) is 0 Å². The van der Waals surface area contributed by atoms with E-state index in [1.165, 1.54) is 12.3 Å². The van der Waals surface area contributed by atoms with Crippen LogP contribution in [0.3, 0.4) is 0 Å². The van der Waals surface area contributed by atoms with Crippen LogP contribution in [0.1, 0.15) is 5.56 Å². The fourth-order valence-corrected chi connectivity index (χ4v) is 2.71. The zero-order valence-electron chi connectivity index (χ0n) is 13.4. The van der Waals surface area contributed by atoms with Crippen molar-refractivity contribution in [2.75, 3.05) is 36.6 Å². The molecule has 2 aromatic rings. The summed E-state index contributed by atoms with van der Waals surface area (Å²) in [5.41, 5.74) is 3.05. The molecule has 1 aliphatic heterocycles. The van der Waals surface area contributed by atoms with Crippen LogP contribution in [0, 0.1) is 15.9 Å². The topological polar surface area (TPSA) is 106 Å². The van der Waals surface area contributed by atoms with E-state index in [1.54, 1.807) is 17.0 Å². The van der Waals surface area contributed by atoms with Gasteiger partial charge in [0, 0.05) is 24.7 Å². The molecule has 0 bridgehead atoms. The Bertz CT molecular complexity index is 844. The highest BCUT2D eigenvalue weighted by atomic mass is 79.9. The predicted octanol–water partition coefficient (Wildman–Crippen LogP) is 2.57. The summed E-state index contributed by atoms with van der Waals surface area (Å²) < 4.78 is 19.6. The Morgan fingerprint density at radius 3 is 2.92 bits per heavy atom. The lowest BCUT2D eigenvalue weighted by Crippen LogP contribution is -2.37. The first-order chi connectivity index (χ1) is 12.5. The quantitative estimate of drug-likeness (QED) is 0.446. The lowest BCUT2D eigenvalue weighted by molar-refractivity contribution is -0.385. The first-order valence-electron chi connectivity index (χ1n) is 7.63. The molecule has 1 aromatic carbocycles. The first kappa shape index (κ1) is 18.1. The van der Waals surface area contributed by atoms with E-state index in [-0.39, 0.29) is 17.5 Å². The number of benzene rings is 1. The Morgan fingerprint density at radius 2 is 2.19 bits per heavy atom. The zero-order chi connectivity index (χ0) is 18.5. The lowest BCUT2D eigenvalue weighted by atomic mass is 10.2. The van der Waals surface area contributed by atoms with Crippen molar-refractivity contribution >= 4 is 39.6 Å². The average molecular weight is 425 g/mol. The Labute approximate surface area is 156 Å². The largest absolute Gasteiger partial charge is 0.378 e. The predicted molar refractivity (Wildman–Crippen MR) is 97.0 cm³/mol. The molecular weight excluding hydrogens is 411 g/mol. The van der Waals surface area contributed by atoms with Crippen molar-refractivity contribution < 1.29 is 14.1 Å². The molecule has 0 atom stereocenters. The van der Waals surface area contributed by atoms with Gasteiger partial charge in [0.15, 0.2) is 11.6 Å². The number of morpholine rings is 1. The maximum Gasteiger partial charge on any atom is 0.284 e. The Hall–Kier alpha value is -2.66. The summed E-state index contributed by atoms with van der Waals surface area (Å²) in [4.78, 5) is 20.2. The van der Waals surface area contributed by atoms with Gasteiger partial charge >= 0.3 is 0 Å². The third-order valence-corrected chi connectivity index (χ3v) is 4.25. The summed E-state index contributed by atoms with van der Waals surface area (Å²) in [6, 6.07) is 4.59. The molecule has 26 heavy (non-hydrogen) atoms. The summed E-state index contributed by atoms with van der Waals surface area (Å²) in [5, 5.41) is 14.9. The molecule has 1 fully saturated rings. The number of hydrogen-bond acceptors (Lipinski definition) is 8. The molecule has 1 saturated heterocycles. The number of anilines is 2. The number of hydrazone groups is 1. The minimum Gasteiger partial charge on any atom is -0.378 e. The van der Waals surface area contributed by atoms with Crippen LogP contribution in [0.15, 0.2) is 34.0 Å². The van der Waals surface area contributed by atoms with Gasteiger partial charge in [0.1, 0.15) is 0 Å². The van der Waals surface area contributed by atoms with Crippen LogP contribution in [0.5, 0.6) is 0 Å². The number of nitro benzene ring substituents is 1. The highest BCUT2D eigenvalue weighted by Crippen LogP contribution is 2.25. The average Bonchev–Trinajstić information content (AvgIpc) is 2.65. The SMILES string of the molecule is O=[N+]([O-])c1cc(/C=N\Nc2ncc(F)c(N3CCOCC3)n2)ccc1Br. The zero-order valence-corrected chi connectivity index (χ0v) is 15.0. The molecule has 0 saturated carbocycles. The van der Waals surface area contributed by atoms with E-state index < -0.39 is 10.7 Å². The molecule has 1 N–H and O–H groups in total. The Kier molecular flexibility index (Phi) is 5.68. The first-order valence-corrected chi connectivity index (χ1v) is 8.42. The van der Waals surface area contributed by atoms with Crippen LogP contribution in [0.25, 0.3) is 0 Å². The minimum absolute atomic E-state index is 0.0680. The van der Waals surface area contributed by atoms with Crippen molar-refractivity contribution in [3.05, 3.63) is 50.4 Å². The number of nitro groups is 1. The number of aromatic nitrogens is 2. The van der Waals surface area contributed by atoms with Gasteiger partial charge in [-0.05, 0) is 22.0 Å². The molecule has 0 radical (unpaired) electrons. The summed E-state index contributed by atoms with van der Waals surface area (Å²) in [7, 11) is 0. The molecule has 11 heteroatoms.